The first kappa shape index (κ1) is 17.1. The molecule has 6 heteroatoms. The van der Waals surface area contributed by atoms with Crippen LogP contribution in [0.4, 0.5) is 10.1 Å². The third-order valence-corrected chi connectivity index (χ3v) is 5.85. The molecule has 2 aromatic rings. The maximum absolute atomic E-state index is 13.8. The van der Waals surface area contributed by atoms with Gasteiger partial charge in [-0.15, -0.1) is 0 Å². The molecule has 1 unspecified atom stereocenters. The summed E-state index contributed by atoms with van der Waals surface area (Å²) in [6.45, 7) is 7.51. The number of oxazole rings is 1. The molecule has 0 N–H and O–H groups in total. The lowest BCUT2D eigenvalue weighted by Crippen LogP contribution is -2.49. The van der Waals surface area contributed by atoms with Crippen molar-refractivity contribution < 1.29 is 13.6 Å². The zero-order chi connectivity index (χ0) is 18.5. The molecule has 1 spiro atoms. The van der Waals surface area contributed by atoms with Crippen molar-refractivity contribution in [2.45, 2.75) is 51.1 Å². The summed E-state index contributed by atoms with van der Waals surface area (Å²) in [6, 6.07) is 6.71. The molecule has 138 valence electrons. The fourth-order valence-corrected chi connectivity index (χ4v) is 4.79. The monoisotopic (exact) mass is 357 g/mol. The second-order valence-corrected chi connectivity index (χ2v) is 8.10. The number of hydrogen-bond donors (Lipinski definition) is 0. The first-order valence-corrected chi connectivity index (χ1v) is 9.08. The van der Waals surface area contributed by atoms with Gasteiger partial charge in [0, 0.05) is 24.3 Å². The minimum atomic E-state index is -0.252. The largest absolute Gasteiger partial charge is 0.448 e. The van der Waals surface area contributed by atoms with Crippen molar-refractivity contribution in [3.05, 3.63) is 47.9 Å². The van der Waals surface area contributed by atoms with Crippen LogP contribution in [-0.4, -0.2) is 40.0 Å². The highest BCUT2D eigenvalue weighted by Crippen LogP contribution is 2.47. The first-order chi connectivity index (χ1) is 12.3. The highest BCUT2D eigenvalue weighted by Gasteiger charge is 2.55. The maximum atomic E-state index is 13.8. The Morgan fingerprint density at radius 2 is 2.15 bits per heavy atom. The molecule has 2 saturated heterocycles. The minimum Gasteiger partial charge on any atom is -0.448 e. The molecule has 0 bridgehead atoms. The summed E-state index contributed by atoms with van der Waals surface area (Å²) >= 11 is 0. The predicted octanol–water partition coefficient (Wildman–Crippen LogP) is 3.79. The second kappa shape index (κ2) is 5.83. The van der Waals surface area contributed by atoms with Crippen LogP contribution in [0.5, 0.6) is 0 Å². The van der Waals surface area contributed by atoms with Crippen molar-refractivity contribution in [1.29, 1.82) is 0 Å². The molecule has 2 fully saturated rings. The van der Waals surface area contributed by atoms with E-state index in [-0.39, 0.29) is 22.8 Å². The van der Waals surface area contributed by atoms with E-state index in [2.05, 4.69) is 23.7 Å². The van der Waals surface area contributed by atoms with Gasteiger partial charge in [0.2, 0.25) is 0 Å². The van der Waals surface area contributed by atoms with Crippen LogP contribution < -0.4 is 4.90 Å². The Morgan fingerprint density at radius 3 is 2.85 bits per heavy atom. The van der Waals surface area contributed by atoms with E-state index in [1.165, 1.54) is 12.5 Å². The highest BCUT2D eigenvalue weighted by atomic mass is 19.1. The molecule has 3 heterocycles. The van der Waals surface area contributed by atoms with Crippen molar-refractivity contribution >= 4 is 11.6 Å². The Hall–Kier alpha value is -2.37. The number of hydrogen-bond acceptors (Lipinski definition) is 4. The summed E-state index contributed by atoms with van der Waals surface area (Å²) in [6.07, 6.45) is 4.09. The Morgan fingerprint density at radius 1 is 1.35 bits per heavy atom. The molecular formula is C20H24FN3O2. The van der Waals surface area contributed by atoms with Crippen LogP contribution in [0.25, 0.3) is 0 Å². The number of anilines is 1. The summed E-state index contributed by atoms with van der Waals surface area (Å²) in [7, 11) is 0. The number of likely N-dealkylation sites (tertiary alicyclic amines) is 1. The zero-order valence-corrected chi connectivity index (χ0v) is 15.5. The summed E-state index contributed by atoms with van der Waals surface area (Å²) in [5.41, 5.74) is 0.838. The van der Waals surface area contributed by atoms with E-state index in [0.29, 0.717) is 18.0 Å². The van der Waals surface area contributed by atoms with E-state index < -0.39 is 0 Å². The van der Waals surface area contributed by atoms with Crippen LogP contribution in [0.3, 0.4) is 0 Å². The van der Waals surface area contributed by atoms with Crippen molar-refractivity contribution in [3.63, 3.8) is 0 Å². The van der Waals surface area contributed by atoms with E-state index in [9.17, 15) is 9.18 Å². The highest BCUT2D eigenvalue weighted by molar-refractivity contribution is 5.94. The fourth-order valence-electron chi connectivity index (χ4n) is 4.79. The lowest BCUT2D eigenvalue weighted by atomic mass is 9.87. The van der Waals surface area contributed by atoms with Crippen molar-refractivity contribution in [2.75, 3.05) is 18.0 Å². The predicted molar refractivity (Wildman–Crippen MR) is 96.7 cm³/mol. The lowest BCUT2D eigenvalue weighted by Gasteiger charge is -2.35. The van der Waals surface area contributed by atoms with Crippen LogP contribution in [0.1, 0.15) is 49.4 Å². The average molecular weight is 357 g/mol. The van der Waals surface area contributed by atoms with Gasteiger partial charge < -0.3 is 14.2 Å². The molecular weight excluding hydrogens is 333 g/mol. The Bertz CT molecular complexity index is 847. The zero-order valence-electron chi connectivity index (χ0n) is 15.5. The van der Waals surface area contributed by atoms with Crippen LogP contribution in [-0.2, 0) is 0 Å². The molecule has 1 atom stereocenters. The number of aromatic nitrogens is 1. The maximum Gasteiger partial charge on any atom is 0.276 e. The Balaban J connectivity index is 1.68. The van der Waals surface area contributed by atoms with Crippen molar-refractivity contribution in [3.8, 4) is 0 Å². The number of carbonyl (C=O) groups excluding carboxylic acids is 1. The number of benzene rings is 1. The van der Waals surface area contributed by atoms with Crippen LogP contribution >= 0.6 is 0 Å². The Kier molecular flexibility index (Phi) is 3.82. The molecule has 2 aliphatic heterocycles. The van der Waals surface area contributed by atoms with Crippen LogP contribution in [0, 0.1) is 12.7 Å². The van der Waals surface area contributed by atoms with Gasteiger partial charge in [-0.3, -0.25) is 4.79 Å². The molecule has 2 aliphatic rings. The van der Waals surface area contributed by atoms with Gasteiger partial charge in [-0.25, -0.2) is 9.37 Å². The van der Waals surface area contributed by atoms with Crippen molar-refractivity contribution in [1.82, 2.24) is 9.88 Å². The number of nitrogens with zero attached hydrogens (tertiary/aromatic N) is 3. The molecule has 5 nitrogen and oxygen atoms in total. The number of amides is 1. The number of halogens is 1. The average Bonchev–Trinajstić information content (AvgIpc) is 3.24. The smallest absolute Gasteiger partial charge is 0.276 e. The standard InChI is InChI=1S/C20H24FN3O2/c1-14-17(22-13-26-14)18(25)23-9-5-8-20(23)11-19(2,3)24(12-20)16-7-4-6-15(21)10-16/h4,6-7,10,13H,5,8-9,11-12H2,1-3H3. The van der Waals surface area contributed by atoms with Crippen LogP contribution in [0.15, 0.2) is 35.1 Å². The van der Waals surface area contributed by atoms with Crippen molar-refractivity contribution in [2.24, 2.45) is 0 Å². The molecule has 4 rings (SSSR count). The number of aryl methyl sites for hydroxylation is 1. The van der Waals surface area contributed by atoms with E-state index >= 15 is 0 Å². The summed E-state index contributed by atoms with van der Waals surface area (Å²) < 4.78 is 19.0. The number of rotatable bonds is 2. The van der Waals surface area contributed by atoms with E-state index in [4.69, 9.17) is 4.42 Å². The van der Waals surface area contributed by atoms with E-state index in [1.54, 1.807) is 19.1 Å². The third kappa shape index (κ3) is 2.59. The fraction of sp³-hybridized carbons (Fsp3) is 0.500. The lowest BCUT2D eigenvalue weighted by molar-refractivity contribution is 0.0610. The van der Waals surface area contributed by atoms with E-state index in [0.717, 1.165) is 31.5 Å². The van der Waals surface area contributed by atoms with Gasteiger partial charge in [-0.1, -0.05) is 6.07 Å². The summed E-state index contributed by atoms with van der Waals surface area (Å²) in [5, 5.41) is 0. The minimum absolute atomic E-state index is 0.0642. The summed E-state index contributed by atoms with van der Waals surface area (Å²) in [5.74, 6) is 0.249. The molecule has 0 radical (unpaired) electrons. The quantitative estimate of drug-likeness (QED) is 0.821. The molecule has 1 aromatic carbocycles. The van der Waals surface area contributed by atoms with Gasteiger partial charge in [0.05, 0.1) is 5.54 Å². The molecule has 1 aromatic heterocycles. The normalized spacial score (nSPS) is 24.6. The molecule has 26 heavy (non-hydrogen) atoms. The van der Waals surface area contributed by atoms with E-state index in [1.807, 2.05) is 11.0 Å². The van der Waals surface area contributed by atoms with Gasteiger partial charge in [0.25, 0.3) is 5.91 Å². The molecule has 0 saturated carbocycles. The summed E-state index contributed by atoms with van der Waals surface area (Å²) in [4.78, 5) is 21.4. The second-order valence-electron chi connectivity index (χ2n) is 8.10. The van der Waals surface area contributed by atoms with Gasteiger partial charge in [-0.2, -0.15) is 0 Å². The number of carbonyl (C=O) groups is 1. The Labute approximate surface area is 152 Å². The molecule has 1 amide bonds. The third-order valence-electron chi connectivity index (χ3n) is 5.85. The van der Waals surface area contributed by atoms with Gasteiger partial charge in [-0.05, 0) is 58.2 Å². The SMILES string of the molecule is Cc1ocnc1C(=O)N1CCCC12CN(c1cccc(F)c1)C(C)(C)C2. The van der Waals surface area contributed by atoms with Crippen LogP contribution in [0.2, 0.25) is 0 Å². The first-order valence-electron chi connectivity index (χ1n) is 9.08. The van der Waals surface area contributed by atoms with Gasteiger partial charge >= 0.3 is 0 Å². The van der Waals surface area contributed by atoms with Gasteiger partial charge in [0.15, 0.2) is 12.1 Å². The topological polar surface area (TPSA) is 49.6 Å². The molecule has 0 aliphatic carbocycles. The van der Waals surface area contributed by atoms with Gasteiger partial charge in [0.1, 0.15) is 11.6 Å².